The van der Waals surface area contributed by atoms with Crippen molar-refractivity contribution in [1.82, 2.24) is 9.78 Å². The molecular formula is C14H7ClF3IN2OS. The Morgan fingerprint density at radius 3 is 2.74 bits per heavy atom. The van der Waals surface area contributed by atoms with Crippen LogP contribution in [0.15, 0.2) is 24.3 Å². The van der Waals surface area contributed by atoms with Gasteiger partial charge in [0, 0.05) is 4.88 Å². The standard InChI is InChI=1S/C14H7ClF3IN2OS/c1-6-5-9-11(23-6)12(19)20-21(9)13(22)7-3-2-4-8(10(7)15)14(16,17)18/h2-5H,1H3. The number of nitrogens with zero attached hydrogens (tertiary/aromatic N) is 2. The second-order valence-corrected chi connectivity index (χ2v) is 7.40. The van der Waals surface area contributed by atoms with Gasteiger partial charge in [-0.15, -0.1) is 11.3 Å². The van der Waals surface area contributed by atoms with Gasteiger partial charge in [0.2, 0.25) is 0 Å². The first-order valence-corrected chi connectivity index (χ1v) is 8.52. The Morgan fingerprint density at radius 1 is 1.39 bits per heavy atom. The fourth-order valence-corrected chi connectivity index (χ4v) is 4.18. The molecular weight excluding hydrogens is 464 g/mol. The highest BCUT2D eigenvalue weighted by atomic mass is 127. The summed E-state index contributed by atoms with van der Waals surface area (Å²) >= 11 is 9.27. The van der Waals surface area contributed by atoms with E-state index in [2.05, 4.69) is 5.10 Å². The molecule has 0 aliphatic carbocycles. The minimum absolute atomic E-state index is 0.230. The summed E-state index contributed by atoms with van der Waals surface area (Å²) in [6.07, 6.45) is -4.62. The van der Waals surface area contributed by atoms with E-state index in [1.807, 2.05) is 29.5 Å². The van der Waals surface area contributed by atoms with Crippen molar-refractivity contribution in [3.63, 3.8) is 0 Å². The number of rotatable bonds is 1. The van der Waals surface area contributed by atoms with Crippen LogP contribution < -0.4 is 0 Å². The molecule has 1 aromatic carbocycles. The molecule has 0 spiro atoms. The van der Waals surface area contributed by atoms with Crippen molar-refractivity contribution in [1.29, 1.82) is 0 Å². The SMILES string of the molecule is Cc1cc2c(s1)c(I)nn2C(=O)c1cccc(C(F)(F)F)c1Cl. The lowest BCUT2D eigenvalue weighted by Crippen LogP contribution is -2.16. The molecule has 0 radical (unpaired) electrons. The summed E-state index contributed by atoms with van der Waals surface area (Å²) in [5, 5.41) is 3.51. The van der Waals surface area contributed by atoms with E-state index in [1.54, 1.807) is 6.07 Å². The summed E-state index contributed by atoms with van der Waals surface area (Å²) in [6.45, 7) is 1.88. The maximum absolute atomic E-state index is 12.9. The van der Waals surface area contributed by atoms with Crippen molar-refractivity contribution < 1.29 is 18.0 Å². The second kappa shape index (κ2) is 5.75. The highest BCUT2D eigenvalue weighted by molar-refractivity contribution is 14.1. The molecule has 0 unspecified atom stereocenters. The fourth-order valence-electron chi connectivity index (χ4n) is 2.18. The van der Waals surface area contributed by atoms with Gasteiger partial charge in [0.05, 0.1) is 26.4 Å². The highest BCUT2D eigenvalue weighted by Crippen LogP contribution is 2.37. The van der Waals surface area contributed by atoms with Crippen LogP contribution in [0.4, 0.5) is 13.2 Å². The molecule has 120 valence electrons. The van der Waals surface area contributed by atoms with E-state index in [4.69, 9.17) is 11.6 Å². The molecule has 2 aromatic heterocycles. The first-order chi connectivity index (χ1) is 10.7. The zero-order chi connectivity index (χ0) is 16.9. The third-order valence-corrected chi connectivity index (χ3v) is 5.74. The van der Waals surface area contributed by atoms with Crippen LogP contribution in [0.25, 0.3) is 10.2 Å². The van der Waals surface area contributed by atoms with Gasteiger partial charge in [-0.2, -0.15) is 23.0 Å². The lowest BCUT2D eigenvalue weighted by atomic mass is 10.1. The Hall–Kier alpha value is -1.13. The smallest absolute Gasteiger partial charge is 0.267 e. The zero-order valence-electron chi connectivity index (χ0n) is 11.4. The topological polar surface area (TPSA) is 34.9 Å². The van der Waals surface area contributed by atoms with E-state index < -0.39 is 22.7 Å². The van der Waals surface area contributed by atoms with Crippen LogP contribution in [0.2, 0.25) is 5.02 Å². The molecule has 0 saturated carbocycles. The molecule has 0 amide bonds. The first-order valence-electron chi connectivity index (χ1n) is 6.25. The highest BCUT2D eigenvalue weighted by Gasteiger charge is 2.35. The van der Waals surface area contributed by atoms with Gasteiger partial charge in [-0.05, 0) is 47.7 Å². The van der Waals surface area contributed by atoms with Gasteiger partial charge in [-0.3, -0.25) is 4.79 Å². The molecule has 3 nitrogen and oxygen atoms in total. The molecule has 0 saturated heterocycles. The number of alkyl halides is 3. The summed E-state index contributed by atoms with van der Waals surface area (Å²) in [5.74, 6) is -0.688. The molecule has 23 heavy (non-hydrogen) atoms. The molecule has 0 aliphatic heterocycles. The molecule has 0 fully saturated rings. The third kappa shape index (κ3) is 2.87. The van der Waals surface area contributed by atoms with E-state index in [0.29, 0.717) is 9.22 Å². The maximum atomic E-state index is 12.9. The Balaban J connectivity index is 2.17. The first kappa shape index (κ1) is 16.7. The Morgan fingerprint density at radius 2 is 2.09 bits per heavy atom. The van der Waals surface area contributed by atoms with Crippen LogP contribution in [0, 0.1) is 10.6 Å². The van der Waals surface area contributed by atoms with Gasteiger partial charge in [0.1, 0.15) is 3.70 Å². The van der Waals surface area contributed by atoms with E-state index in [9.17, 15) is 18.0 Å². The van der Waals surface area contributed by atoms with Crippen molar-refractivity contribution in [2.45, 2.75) is 13.1 Å². The number of aromatic nitrogens is 2. The van der Waals surface area contributed by atoms with Gasteiger partial charge in [0.15, 0.2) is 0 Å². The Labute approximate surface area is 151 Å². The molecule has 0 atom stereocenters. The van der Waals surface area contributed by atoms with Crippen LogP contribution in [-0.2, 0) is 6.18 Å². The Kier molecular flexibility index (Phi) is 4.18. The fraction of sp³-hybridized carbons (Fsp3) is 0.143. The molecule has 2 heterocycles. The number of halogens is 5. The van der Waals surface area contributed by atoms with Crippen LogP contribution >= 0.6 is 45.5 Å². The average Bonchev–Trinajstić information content (AvgIpc) is 2.96. The van der Waals surface area contributed by atoms with Crippen molar-refractivity contribution in [2.24, 2.45) is 0 Å². The van der Waals surface area contributed by atoms with Crippen LogP contribution in [0.3, 0.4) is 0 Å². The predicted octanol–water partition coefficient (Wildman–Crippen LogP) is 5.37. The lowest BCUT2D eigenvalue weighted by Gasteiger charge is -2.11. The number of benzene rings is 1. The van der Waals surface area contributed by atoms with E-state index in [1.165, 1.54) is 17.4 Å². The maximum Gasteiger partial charge on any atom is 0.417 e. The molecule has 0 bridgehead atoms. The summed E-state index contributed by atoms with van der Waals surface area (Å²) in [7, 11) is 0. The Bertz CT molecular complexity index is 932. The minimum atomic E-state index is -4.62. The number of aryl methyl sites for hydroxylation is 1. The predicted molar refractivity (Wildman–Crippen MR) is 91.2 cm³/mol. The van der Waals surface area contributed by atoms with E-state index >= 15 is 0 Å². The van der Waals surface area contributed by atoms with Crippen molar-refractivity contribution in [2.75, 3.05) is 0 Å². The second-order valence-electron chi connectivity index (χ2n) is 4.74. The normalized spacial score (nSPS) is 12.1. The summed E-state index contributed by atoms with van der Waals surface area (Å²) in [6, 6.07) is 5.04. The van der Waals surface area contributed by atoms with Gasteiger partial charge < -0.3 is 0 Å². The third-order valence-electron chi connectivity index (χ3n) is 3.17. The van der Waals surface area contributed by atoms with Crippen molar-refractivity contribution in [3.05, 3.63) is 49.0 Å². The quantitative estimate of drug-likeness (QED) is 0.448. The lowest BCUT2D eigenvalue weighted by molar-refractivity contribution is -0.137. The average molecular weight is 471 g/mol. The molecule has 9 heteroatoms. The van der Waals surface area contributed by atoms with E-state index in [-0.39, 0.29) is 5.56 Å². The number of thiophene rings is 1. The number of carbonyl (C=O) groups excluding carboxylic acids is 1. The zero-order valence-corrected chi connectivity index (χ0v) is 15.1. The summed E-state index contributed by atoms with van der Waals surface area (Å²) in [5.41, 5.74) is -0.703. The van der Waals surface area contributed by atoms with Crippen LogP contribution in [0.1, 0.15) is 20.8 Å². The van der Waals surface area contributed by atoms with Crippen molar-refractivity contribution in [3.8, 4) is 0 Å². The number of fused-ring (bicyclic) bond motifs is 1. The minimum Gasteiger partial charge on any atom is -0.267 e. The number of hydrogen-bond acceptors (Lipinski definition) is 3. The molecule has 0 N–H and O–H groups in total. The largest absolute Gasteiger partial charge is 0.417 e. The van der Waals surface area contributed by atoms with E-state index in [0.717, 1.165) is 26.4 Å². The number of hydrogen-bond donors (Lipinski definition) is 0. The molecule has 0 aliphatic rings. The van der Waals surface area contributed by atoms with Gasteiger partial charge in [0.25, 0.3) is 5.91 Å². The van der Waals surface area contributed by atoms with Crippen LogP contribution in [-0.4, -0.2) is 15.7 Å². The monoisotopic (exact) mass is 470 g/mol. The van der Waals surface area contributed by atoms with Gasteiger partial charge >= 0.3 is 6.18 Å². The molecule has 3 rings (SSSR count). The van der Waals surface area contributed by atoms with Gasteiger partial charge in [-0.1, -0.05) is 17.7 Å². The summed E-state index contributed by atoms with van der Waals surface area (Å²) < 4.78 is 41.3. The molecule has 3 aromatic rings. The van der Waals surface area contributed by atoms with Crippen LogP contribution in [0.5, 0.6) is 0 Å². The summed E-state index contributed by atoms with van der Waals surface area (Å²) in [4.78, 5) is 13.6. The van der Waals surface area contributed by atoms with Gasteiger partial charge in [-0.25, -0.2) is 0 Å². The van der Waals surface area contributed by atoms with Crippen molar-refractivity contribution >= 4 is 61.7 Å². The number of carbonyl (C=O) groups is 1.